The number of hydrogen-bond acceptors (Lipinski definition) is 5. The minimum Gasteiger partial charge on any atom is -0.482 e. The van der Waals surface area contributed by atoms with Gasteiger partial charge in [-0.25, -0.2) is 4.98 Å². The normalized spacial score (nSPS) is 10.2. The van der Waals surface area contributed by atoms with Crippen molar-refractivity contribution in [2.75, 3.05) is 11.9 Å². The highest BCUT2D eigenvalue weighted by Gasteiger charge is 2.15. The lowest BCUT2D eigenvalue weighted by Gasteiger charge is -2.08. The number of nitro benzene ring substituents is 1. The Morgan fingerprint density at radius 2 is 2.14 bits per heavy atom. The van der Waals surface area contributed by atoms with Gasteiger partial charge >= 0.3 is 5.69 Å². The number of aromatic nitrogens is 1. The number of nitrogens with zero attached hydrogens (tertiary/aromatic N) is 2. The number of anilines is 1. The molecule has 2 rings (SSSR count). The minimum atomic E-state index is -0.436. The van der Waals surface area contributed by atoms with Gasteiger partial charge in [-0.1, -0.05) is 12.1 Å². The van der Waals surface area contributed by atoms with Crippen LogP contribution in [0.2, 0.25) is 0 Å². The van der Waals surface area contributed by atoms with E-state index in [1.54, 1.807) is 25.3 Å². The molecule has 0 amide bonds. The molecule has 0 aliphatic rings. The molecule has 1 N–H and O–H groups in total. The lowest BCUT2D eigenvalue weighted by molar-refractivity contribution is -0.386. The van der Waals surface area contributed by atoms with Crippen molar-refractivity contribution in [2.45, 2.75) is 20.5 Å². The van der Waals surface area contributed by atoms with Crippen molar-refractivity contribution in [1.29, 1.82) is 0 Å². The van der Waals surface area contributed by atoms with Crippen LogP contribution < -0.4 is 10.1 Å². The zero-order valence-corrected chi connectivity index (χ0v) is 12.0. The quantitative estimate of drug-likeness (QED) is 0.651. The predicted molar refractivity (Wildman–Crippen MR) is 80.6 cm³/mol. The summed E-state index contributed by atoms with van der Waals surface area (Å²) in [5.74, 6) is 1.06. The minimum absolute atomic E-state index is 0.0211. The molecule has 6 heteroatoms. The van der Waals surface area contributed by atoms with Gasteiger partial charge in [0, 0.05) is 24.4 Å². The molecule has 0 spiro atoms. The highest BCUT2D eigenvalue weighted by molar-refractivity contribution is 5.48. The van der Waals surface area contributed by atoms with Crippen molar-refractivity contribution < 1.29 is 9.66 Å². The predicted octanol–water partition coefficient (Wildman–Crippen LogP) is 3.31. The van der Waals surface area contributed by atoms with E-state index < -0.39 is 4.92 Å². The fourth-order valence-corrected chi connectivity index (χ4v) is 1.85. The molecule has 0 aliphatic heterocycles. The van der Waals surface area contributed by atoms with Crippen LogP contribution in [0.5, 0.6) is 5.75 Å². The molecule has 0 aliphatic carbocycles. The Balaban J connectivity index is 2.07. The maximum Gasteiger partial charge on any atom is 0.311 e. The number of benzene rings is 1. The first-order valence-corrected chi connectivity index (χ1v) is 6.66. The lowest BCUT2D eigenvalue weighted by atomic mass is 10.2. The third-order valence-electron chi connectivity index (χ3n) is 2.89. The lowest BCUT2D eigenvalue weighted by Crippen LogP contribution is -2.02. The first-order chi connectivity index (χ1) is 10.1. The molecular formula is C15H17N3O3. The Kier molecular flexibility index (Phi) is 4.71. The van der Waals surface area contributed by atoms with E-state index in [0.717, 1.165) is 23.5 Å². The smallest absolute Gasteiger partial charge is 0.311 e. The van der Waals surface area contributed by atoms with Crippen molar-refractivity contribution in [3.63, 3.8) is 0 Å². The fourth-order valence-electron chi connectivity index (χ4n) is 1.85. The molecule has 21 heavy (non-hydrogen) atoms. The molecule has 2 aromatic rings. The molecule has 6 nitrogen and oxygen atoms in total. The van der Waals surface area contributed by atoms with Crippen molar-refractivity contribution >= 4 is 11.5 Å². The first kappa shape index (κ1) is 14.8. The number of hydrogen-bond donors (Lipinski definition) is 1. The highest BCUT2D eigenvalue weighted by atomic mass is 16.6. The van der Waals surface area contributed by atoms with E-state index in [1.807, 2.05) is 19.1 Å². The molecule has 110 valence electrons. The van der Waals surface area contributed by atoms with E-state index in [0.29, 0.717) is 0 Å². The number of nitro groups is 1. The molecule has 1 aromatic heterocycles. The van der Waals surface area contributed by atoms with Gasteiger partial charge in [0.2, 0.25) is 0 Å². The number of rotatable bonds is 6. The van der Waals surface area contributed by atoms with Crippen LogP contribution in [0.4, 0.5) is 11.5 Å². The summed E-state index contributed by atoms with van der Waals surface area (Å²) in [5, 5.41) is 14.1. The van der Waals surface area contributed by atoms with Gasteiger partial charge in [-0.3, -0.25) is 10.1 Å². The molecule has 1 aromatic carbocycles. The molecule has 0 radical (unpaired) electrons. The van der Waals surface area contributed by atoms with E-state index >= 15 is 0 Å². The summed E-state index contributed by atoms with van der Waals surface area (Å²) in [6.45, 7) is 4.84. The Morgan fingerprint density at radius 3 is 2.76 bits per heavy atom. The zero-order chi connectivity index (χ0) is 15.2. The van der Waals surface area contributed by atoms with E-state index in [9.17, 15) is 10.1 Å². The van der Waals surface area contributed by atoms with E-state index in [4.69, 9.17) is 4.74 Å². The van der Waals surface area contributed by atoms with Gasteiger partial charge < -0.3 is 10.1 Å². The van der Waals surface area contributed by atoms with Crippen molar-refractivity contribution in [2.24, 2.45) is 0 Å². The van der Waals surface area contributed by atoms with Gasteiger partial charge in [-0.05, 0) is 31.5 Å². The molecule has 0 saturated heterocycles. The van der Waals surface area contributed by atoms with Gasteiger partial charge in [0.1, 0.15) is 12.4 Å². The second kappa shape index (κ2) is 6.69. The number of aryl methyl sites for hydroxylation is 1. The highest BCUT2D eigenvalue weighted by Crippen LogP contribution is 2.28. The second-order valence-electron chi connectivity index (χ2n) is 4.60. The summed E-state index contributed by atoms with van der Waals surface area (Å²) in [6, 6.07) is 8.64. The van der Waals surface area contributed by atoms with E-state index in [1.165, 1.54) is 6.07 Å². The second-order valence-corrected chi connectivity index (χ2v) is 4.60. The standard InChI is InChI=1S/C15H17N3O3/c1-3-16-15-7-5-12(9-17-15)10-21-14-6-4-11(2)8-13(14)18(19)20/h4-9H,3,10H2,1-2H3,(H,16,17). The van der Waals surface area contributed by atoms with E-state index in [2.05, 4.69) is 10.3 Å². The summed E-state index contributed by atoms with van der Waals surface area (Å²) in [6.07, 6.45) is 1.69. The summed E-state index contributed by atoms with van der Waals surface area (Å²) < 4.78 is 5.54. The Hall–Kier alpha value is -2.63. The first-order valence-electron chi connectivity index (χ1n) is 6.66. The summed E-state index contributed by atoms with van der Waals surface area (Å²) in [5.41, 5.74) is 1.66. The molecule has 0 fully saturated rings. The number of pyridine rings is 1. The zero-order valence-electron chi connectivity index (χ0n) is 12.0. The molecule has 0 saturated carbocycles. The van der Waals surface area contributed by atoms with Crippen molar-refractivity contribution in [3.8, 4) is 5.75 Å². The molecular weight excluding hydrogens is 270 g/mol. The summed E-state index contributed by atoms with van der Waals surface area (Å²) >= 11 is 0. The average molecular weight is 287 g/mol. The van der Waals surface area contributed by atoms with Crippen LogP contribution in [0.1, 0.15) is 18.1 Å². The molecule has 0 atom stereocenters. The van der Waals surface area contributed by atoms with Gasteiger partial charge in [-0.15, -0.1) is 0 Å². The summed E-state index contributed by atoms with van der Waals surface area (Å²) in [4.78, 5) is 14.8. The van der Waals surface area contributed by atoms with Crippen LogP contribution in [0.25, 0.3) is 0 Å². The van der Waals surface area contributed by atoms with Crippen LogP contribution in [0.15, 0.2) is 36.5 Å². The van der Waals surface area contributed by atoms with Crippen LogP contribution in [0.3, 0.4) is 0 Å². The Bertz CT molecular complexity index is 627. The Labute approximate surface area is 122 Å². The van der Waals surface area contributed by atoms with Crippen LogP contribution in [-0.2, 0) is 6.61 Å². The van der Waals surface area contributed by atoms with Gasteiger partial charge in [0.05, 0.1) is 4.92 Å². The van der Waals surface area contributed by atoms with Gasteiger partial charge in [0.25, 0.3) is 0 Å². The van der Waals surface area contributed by atoms with Crippen molar-refractivity contribution in [1.82, 2.24) is 4.98 Å². The Morgan fingerprint density at radius 1 is 1.33 bits per heavy atom. The molecule has 0 bridgehead atoms. The monoisotopic (exact) mass is 287 g/mol. The number of ether oxygens (including phenoxy) is 1. The molecule has 1 heterocycles. The van der Waals surface area contributed by atoms with Gasteiger partial charge in [-0.2, -0.15) is 0 Å². The SMILES string of the molecule is CCNc1ccc(COc2ccc(C)cc2[N+](=O)[O-])cn1. The van der Waals surface area contributed by atoms with Crippen LogP contribution in [-0.4, -0.2) is 16.5 Å². The van der Waals surface area contributed by atoms with Crippen LogP contribution >= 0.6 is 0 Å². The third kappa shape index (κ3) is 3.92. The summed E-state index contributed by atoms with van der Waals surface area (Å²) in [7, 11) is 0. The maximum atomic E-state index is 11.0. The van der Waals surface area contributed by atoms with Crippen molar-refractivity contribution in [3.05, 3.63) is 57.8 Å². The van der Waals surface area contributed by atoms with E-state index in [-0.39, 0.29) is 18.0 Å². The van der Waals surface area contributed by atoms with Gasteiger partial charge in [0.15, 0.2) is 5.75 Å². The fraction of sp³-hybridized carbons (Fsp3) is 0.267. The number of nitrogens with one attached hydrogen (secondary N) is 1. The third-order valence-corrected chi connectivity index (χ3v) is 2.89. The molecule has 0 unspecified atom stereocenters. The average Bonchev–Trinajstić information content (AvgIpc) is 2.47. The maximum absolute atomic E-state index is 11.0. The van der Waals surface area contributed by atoms with Crippen LogP contribution in [0, 0.1) is 17.0 Å². The topological polar surface area (TPSA) is 77.3 Å². The largest absolute Gasteiger partial charge is 0.482 e.